The Balaban J connectivity index is 1.70. The molecule has 7 nitrogen and oxygen atoms in total. The Bertz CT molecular complexity index is 798. The third kappa shape index (κ3) is 7.49. The third-order valence-electron chi connectivity index (χ3n) is 3.36. The number of benzene rings is 2. The quantitative estimate of drug-likeness (QED) is 0.653. The monoisotopic (exact) mass is 434 g/mol. The van der Waals surface area contributed by atoms with Crippen LogP contribution in [-0.2, 0) is 20.9 Å². The van der Waals surface area contributed by atoms with Gasteiger partial charge in [-0.15, -0.1) is 0 Å². The SMILES string of the molecule is CC(OC(=O)COc1cccc(Br)c1)C(=O)NC(=O)NCc1ccccc1. The number of hydrogen-bond acceptors (Lipinski definition) is 5. The number of rotatable bonds is 7. The van der Waals surface area contributed by atoms with Crippen LogP contribution in [0.25, 0.3) is 0 Å². The van der Waals surface area contributed by atoms with Gasteiger partial charge in [-0.25, -0.2) is 9.59 Å². The smallest absolute Gasteiger partial charge is 0.344 e. The fourth-order valence-corrected chi connectivity index (χ4v) is 2.40. The van der Waals surface area contributed by atoms with Crippen LogP contribution in [0.15, 0.2) is 59.1 Å². The van der Waals surface area contributed by atoms with Gasteiger partial charge in [0.1, 0.15) is 5.75 Å². The number of ether oxygens (including phenoxy) is 2. The van der Waals surface area contributed by atoms with E-state index in [-0.39, 0.29) is 13.2 Å². The first-order chi connectivity index (χ1) is 12.9. The number of halogens is 1. The van der Waals surface area contributed by atoms with Crippen molar-refractivity contribution in [3.05, 3.63) is 64.6 Å². The van der Waals surface area contributed by atoms with Crippen LogP contribution in [0.3, 0.4) is 0 Å². The lowest BCUT2D eigenvalue weighted by atomic mass is 10.2. The van der Waals surface area contributed by atoms with Crippen molar-refractivity contribution in [3.8, 4) is 5.75 Å². The highest BCUT2D eigenvalue weighted by atomic mass is 79.9. The summed E-state index contributed by atoms with van der Waals surface area (Å²) >= 11 is 3.29. The van der Waals surface area contributed by atoms with E-state index < -0.39 is 24.0 Å². The molecule has 0 aliphatic rings. The van der Waals surface area contributed by atoms with Gasteiger partial charge in [-0.1, -0.05) is 52.3 Å². The molecule has 2 aromatic rings. The van der Waals surface area contributed by atoms with Crippen LogP contribution in [0, 0.1) is 0 Å². The molecule has 0 spiro atoms. The molecule has 8 heteroatoms. The molecule has 0 bridgehead atoms. The number of carbonyl (C=O) groups excluding carboxylic acids is 3. The molecule has 0 heterocycles. The highest BCUT2D eigenvalue weighted by molar-refractivity contribution is 9.10. The lowest BCUT2D eigenvalue weighted by molar-refractivity contribution is -0.156. The van der Waals surface area contributed by atoms with E-state index in [4.69, 9.17) is 9.47 Å². The Hall–Kier alpha value is -2.87. The summed E-state index contributed by atoms with van der Waals surface area (Å²) in [6.45, 7) is 1.29. The molecule has 0 radical (unpaired) electrons. The molecule has 1 unspecified atom stereocenters. The van der Waals surface area contributed by atoms with Crippen molar-refractivity contribution in [2.75, 3.05) is 6.61 Å². The van der Waals surface area contributed by atoms with Crippen molar-refractivity contribution in [1.82, 2.24) is 10.6 Å². The lowest BCUT2D eigenvalue weighted by Gasteiger charge is -2.14. The van der Waals surface area contributed by atoms with Crippen LogP contribution in [0.2, 0.25) is 0 Å². The number of amides is 3. The number of esters is 1. The molecule has 1 atom stereocenters. The fraction of sp³-hybridized carbons (Fsp3) is 0.211. The van der Waals surface area contributed by atoms with Crippen molar-refractivity contribution in [2.24, 2.45) is 0 Å². The summed E-state index contributed by atoms with van der Waals surface area (Å²) in [5, 5.41) is 4.67. The molecular formula is C19H19BrN2O5. The maximum atomic E-state index is 11.9. The topological polar surface area (TPSA) is 93.7 Å². The summed E-state index contributed by atoms with van der Waals surface area (Å²) in [5.74, 6) is -0.961. The first kappa shape index (κ1) is 20.4. The van der Waals surface area contributed by atoms with Crippen molar-refractivity contribution < 1.29 is 23.9 Å². The molecule has 0 aromatic heterocycles. The first-order valence-corrected chi connectivity index (χ1v) is 8.94. The minimum atomic E-state index is -1.13. The van der Waals surface area contributed by atoms with Crippen molar-refractivity contribution in [2.45, 2.75) is 19.6 Å². The molecule has 142 valence electrons. The Kier molecular flexibility index (Phi) is 7.81. The van der Waals surface area contributed by atoms with Crippen LogP contribution in [-0.4, -0.2) is 30.6 Å². The second-order valence-electron chi connectivity index (χ2n) is 5.54. The molecule has 2 N–H and O–H groups in total. The molecular weight excluding hydrogens is 416 g/mol. The van der Waals surface area contributed by atoms with Gasteiger partial charge in [0.15, 0.2) is 12.7 Å². The number of hydrogen-bond donors (Lipinski definition) is 2. The van der Waals surface area contributed by atoms with E-state index in [9.17, 15) is 14.4 Å². The summed E-state index contributed by atoms with van der Waals surface area (Å²) in [5.41, 5.74) is 0.893. The largest absolute Gasteiger partial charge is 0.482 e. The highest BCUT2D eigenvalue weighted by Gasteiger charge is 2.20. The summed E-state index contributed by atoms with van der Waals surface area (Å²) in [7, 11) is 0. The first-order valence-electron chi connectivity index (χ1n) is 8.14. The fourth-order valence-electron chi connectivity index (χ4n) is 2.02. The maximum Gasteiger partial charge on any atom is 0.344 e. The van der Waals surface area contributed by atoms with E-state index in [1.165, 1.54) is 6.92 Å². The third-order valence-corrected chi connectivity index (χ3v) is 3.86. The standard InChI is InChI=1S/C19H19BrN2O5/c1-13(27-17(23)12-26-16-9-5-8-15(20)10-16)18(24)22-19(25)21-11-14-6-3-2-4-7-14/h2-10,13H,11-12H2,1H3,(H2,21,22,24,25). The molecule has 3 amide bonds. The van der Waals surface area contributed by atoms with Gasteiger partial charge in [0.05, 0.1) is 0 Å². The molecule has 2 aromatic carbocycles. The molecule has 0 fully saturated rings. The van der Waals surface area contributed by atoms with Gasteiger partial charge in [0, 0.05) is 11.0 Å². The van der Waals surface area contributed by atoms with Crippen molar-refractivity contribution >= 4 is 33.8 Å². The van der Waals surface area contributed by atoms with Gasteiger partial charge in [-0.05, 0) is 30.7 Å². The molecule has 0 aliphatic carbocycles. The number of imide groups is 1. The zero-order chi connectivity index (χ0) is 19.6. The number of carbonyl (C=O) groups is 3. The second kappa shape index (κ2) is 10.3. The maximum absolute atomic E-state index is 11.9. The van der Waals surface area contributed by atoms with Crippen molar-refractivity contribution in [1.29, 1.82) is 0 Å². The summed E-state index contributed by atoms with van der Waals surface area (Å²) in [6.07, 6.45) is -1.13. The van der Waals surface area contributed by atoms with Gasteiger partial charge in [-0.2, -0.15) is 0 Å². The van der Waals surface area contributed by atoms with Gasteiger partial charge in [0.25, 0.3) is 5.91 Å². The zero-order valence-corrected chi connectivity index (χ0v) is 16.2. The van der Waals surface area contributed by atoms with Gasteiger partial charge in [-0.3, -0.25) is 10.1 Å². The van der Waals surface area contributed by atoms with Crippen LogP contribution >= 0.6 is 15.9 Å². The minimum absolute atomic E-state index is 0.272. The normalized spacial score (nSPS) is 11.2. The summed E-state index contributed by atoms with van der Waals surface area (Å²) in [6, 6.07) is 15.5. The van der Waals surface area contributed by atoms with Gasteiger partial charge < -0.3 is 14.8 Å². The predicted octanol–water partition coefficient (Wildman–Crippen LogP) is 2.79. The summed E-state index contributed by atoms with van der Waals surface area (Å²) < 4.78 is 11.1. The van der Waals surface area contributed by atoms with Crippen LogP contribution in [0.4, 0.5) is 4.79 Å². The zero-order valence-electron chi connectivity index (χ0n) is 14.6. The van der Waals surface area contributed by atoms with E-state index in [1.807, 2.05) is 36.4 Å². The van der Waals surface area contributed by atoms with Crippen LogP contribution in [0.5, 0.6) is 5.75 Å². The molecule has 2 rings (SSSR count). The minimum Gasteiger partial charge on any atom is -0.482 e. The van der Waals surface area contributed by atoms with Crippen LogP contribution in [0.1, 0.15) is 12.5 Å². The second-order valence-corrected chi connectivity index (χ2v) is 6.45. The summed E-state index contributed by atoms with van der Waals surface area (Å²) in [4.78, 5) is 35.4. The predicted molar refractivity (Wildman–Crippen MR) is 102 cm³/mol. The van der Waals surface area contributed by atoms with Gasteiger partial charge in [0.2, 0.25) is 0 Å². The van der Waals surface area contributed by atoms with E-state index >= 15 is 0 Å². The van der Waals surface area contributed by atoms with E-state index in [2.05, 4.69) is 26.6 Å². The average Bonchev–Trinajstić information content (AvgIpc) is 2.65. The van der Waals surface area contributed by atoms with E-state index in [0.717, 1.165) is 10.0 Å². The van der Waals surface area contributed by atoms with E-state index in [1.54, 1.807) is 18.2 Å². The van der Waals surface area contributed by atoms with Crippen LogP contribution < -0.4 is 15.4 Å². The van der Waals surface area contributed by atoms with Crippen molar-refractivity contribution in [3.63, 3.8) is 0 Å². The average molecular weight is 435 g/mol. The molecule has 27 heavy (non-hydrogen) atoms. The van der Waals surface area contributed by atoms with Gasteiger partial charge >= 0.3 is 12.0 Å². The number of urea groups is 1. The Morgan fingerprint density at radius 3 is 2.52 bits per heavy atom. The Morgan fingerprint density at radius 1 is 1.07 bits per heavy atom. The number of nitrogens with one attached hydrogen (secondary N) is 2. The Labute approximate surface area is 165 Å². The molecule has 0 saturated heterocycles. The van der Waals surface area contributed by atoms with E-state index in [0.29, 0.717) is 5.75 Å². The molecule has 0 saturated carbocycles. The highest BCUT2D eigenvalue weighted by Crippen LogP contribution is 2.17. The molecule has 0 aliphatic heterocycles. The Morgan fingerprint density at radius 2 is 1.81 bits per heavy atom. The lowest BCUT2D eigenvalue weighted by Crippen LogP contribution is -2.44.